The second-order valence-corrected chi connectivity index (χ2v) is 6.84. The summed E-state index contributed by atoms with van der Waals surface area (Å²) in [6.07, 6.45) is -1.40. The maximum Gasteiger partial charge on any atom is 0.337 e. The zero-order valence-corrected chi connectivity index (χ0v) is 15.9. The van der Waals surface area contributed by atoms with E-state index in [9.17, 15) is 29.4 Å². The van der Waals surface area contributed by atoms with Gasteiger partial charge in [0, 0.05) is 12.8 Å². The van der Waals surface area contributed by atoms with E-state index in [1.54, 1.807) is 30.3 Å². The van der Waals surface area contributed by atoms with Crippen molar-refractivity contribution in [3.05, 3.63) is 65.7 Å². The Morgan fingerprint density at radius 1 is 0.933 bits per heavy atom. The Morgan fingerprint density at radius 3 is 2.07 bits per heavy atom. The van der Waals surface area contributed by atoms with Crippen molar-refractivity contribution in [3.63, 3.8) is 0 Å². The van der Waals surface area contributed by atoms with Crippen molar-refractivity contribution in [1.82, 2.24) is 5.32 Å². The number of aliphatic carboxylic acids is 2. The lowest BCUT2D eigenvalue weighted by molar-refractivity contribution is -0.154. The molecule has 158 valence electrons. The van der Waals surface area contributed by atoms with Crippen molar-refractivity contribution < 1.29 is 34.5 Å². The first-order valence-corrected chi connectivity index (χ1v) is 9.02. The van der Waals surface area contributed by atoms with Crippen LogP contribution in [0.4, 0.5) is 0 Å². The molecule has 0 aliphatic carbocycles. The number of ketones is 1. The van der Waals surface area contributed by atoms with Gasteiger partial charge in [-0.3, -0.25) is 14.4 Å². The summed E-state index contributed by atoms with van der Waals surface area (Å²) in [6, 6.07) is 12.3. The van der Waals surface area contributed by atoms with Gasteiger partial charge in [0.2, 0.25) is 11.4 Å². The van der Waals surface area contributed by atoms with E-state index in [0.717, 1.165) is 0 Å². The van der Waals surface area contributed by atoms with Gasteiger partial charge in [-0.25, -0.2) is 4.79 Å². The summed E-state index contributed by atoms with van der Waals surface area (Å²) in [6.45, 7) is 0. The van der Waals surface area contributed by atoms with Crippen LogP contribution in [-0.2, 0) is 32.0 Å². The molecule has 9 nitrogen and oxygen atoms in total. The van der Waals surface area contributed by atoms with Crippen LogP contribution in [0.1, 0.15) is 17.5 Å². The SMILES string of the molecule is N[C@@H](CC(=O)[C@@](Cc1ccccc1)(NC(=O)Cc1ccc(O)cc1)C(=O)O)C(=O)O. The Bertz CT molecular complexity index is 928. The third kappa shape index (κ3) is 5.65. The number of carboxylic acid groups (broad SMARTS) is 2. The number of Topliss-reactive ketones (excluding diaryl/α,β-unsaturated/α-hetero) is 1. The van der Waals surface area contributed by atoms with E-state index in [1.807, 2.05) is 0 Å². The smallest absolute Gasteiger partial charge is 0.337 e. The van der Waals surface area contributed by atoms with Gasteiger partial charge in [-0.05, 0) is 23.3 Å². The van der Waals surface area contributed by atoms with E-state index in [2.05, 4.69) is 5.32 Å². The summed E-state index contributed by atoms with van der Waals surface area (Å²) < 4.78 is 0. The topological polar surface area (TPSA) is 167 Å². The van der Waals surface area contributed by atoms with Gasteiger partial charge in [-0.15, -0.1) is 0 Å². The molecule has 0 heterocycles. The van der Waals surface area contributed by atoms with E-state index in [4.69, 9.17) is 10.8 Å². The van der Waals surface area contributed by atoms with Crippen LogP contribution in [0.2, 0.25) is 0 Å². The predicted molar refractivity (Wildman–Crippen MR) is 106 cm³/mol. The number of hydrogen-bond acceptors (Lipinski definition) is 6. The van der Waals surface area contributed by atoms with Gasteiger partial charge in [0.15, 0.2) is 5.78 Å². The van der Waals surface area contributed by atoms with Gasteiger partial charge >= 0.3 is 11.9 Å². The average Bonchev–Trinajstić information content (AvgIpc) is 2.69. The molecule has 2 aromatic rings. The maximum absolute atomic E-state index is 12.9. The lowest BCUT2D eigenvalue weighted by Crippen LogP contribution is -2.63. The second-order valence-electron chi connectivity index (χ2n) is 6.84. The zero-order chi connectivity index (χ0) is 22.3. The molecular weight excluding hydrogens is 392 g/mol. The number of phenolic OH excluding ortho intramolecular Hbond substituents is 1. The summed E-state index contributed by atoms with van der Waals surface area (Å²) in [5, 5.41) is 30.5. The van der Waals surface area contributed by atoms with Crippen LogP contribution in [-0.4, -0.2) is 50.5 Å². The minimum Gasteiger partial charge on any atom is -0.508 e. The number of phenols is 1. The highest BCUT2D eigenvalue weighted by Gasteiger charge is 2.48. The van der Waals surface area contributed by atoms with Gasteiger partial charge in [0.1, 0.15) is 11.8 Å². The van der Waals surface area contributed by atoms with E-state index in [-0.39, 0.29) is 18.6 Å². The lowest BCUT2D eigenvalue weighted by Gasteiger charge is -2.30. The Hall–Kier alpha value is -3.72. The third-order valence-electron chi connectivity index (χ3n) is 4.53. The Morgan fingerprint density at radius 2 is 1.53 bits per heavy atom. The first-order chi connectivity index (χ1) is 14.1. The van der Waals surface area contributed by atoms with Gasteiger partial charge in [-0.1, -0.05) is 42.5 Å². The first-order valence-electron chi connectivity index (χ1n) is 9.02. The number of carbonyl (C=O) groups is 4. The van der Waals surface area contributed by atoms with Gasteiger partial charge in [0.05, 0.1) is 6.42 Å². The predicted octanol–water partition coefficient (Wildman–Crippen LogP) is 0.488. The number of benzene rings is 2. The van der Waals surface area contributed by atoms with Crippen LogP contribution in [0.25, 0.3) is 0 Å². The Labute approximate surface area is 172 Å². The molecule has 0 fully saturated rings. The second kappa shape index (κ2) is 9.66. The average molecular weight is 414 g/mol. The summed E-state index contributed by atoms with van der Waals surface area (Å²) in [7, 11) is 0. The van der Waals surface area contributed by atoms with Crippen LogP contribution < -0.4 is 11.1 Å². The standard InChI is InChI=1S/C21H22N2O7/c22-16(19(27)28)11-17(25)21(20(29)30,12-14-4-2-1-3-5-14)23-18(26)10-13-6-8-15(24)9-7-13/h1-9,16,24H,10-12,22H2,(H,23,26)(H,27,28)(H,29,30)/t16-,21+/m0/s1. The minimum absolute atomic E-state index is 0.000884. The van der Waals surface area contributed by atoms with E-state index in [1.165, 1.54) is 24.3 Å². The molecule has 0 aliphatic heterocycles. The summed E-state index contributed by atoms with van der Waals surface area (Å²) in [4.78, 5) is 48.7. The molecule has 0 aromatic heterocycles. The monoisotopic (exact) mass is 414 g/mol. The van der Waals surface area contributed by atoms with Crippen molar-refractivity contribution in [2.45, 2.75) is 30.8 Å². The third-order valence-corrected chi connectivity index (χ3v) is 4.53. The number of nitrogens with one attached hydrogen (secondary N) is 1. The molecule has 2 rings (SSSR count). The molecular formula is C21H22N2O7. The fourth-order valence-corrected chi connectivity index (χ4v) is 2.91. The molecule has 2 atom stereocenters. The normalized spacial score (nSPS) is 13.6. The van der Waals surface area contributed by atoms with Crippen LogP contribution in [0.3, 0.4) is 0 Å². The van der Waals surface area contributed by atoms with E-state index >= 15 is 0 Å². The number of carbonyl (C=O) groups excluding carboxylic acids is 2. The van der Waals surface area contributed by atoms with Gasteiger partial charge in [-0.2, -0.15) is 0 Å². The number of amides is 1. The summed E-state index contributed by atoms with van der Waals surface area (Å²) in [5.74, 6) is -4.85. The van der Waals surface area contributed by atoms with Crippen LogP contribution in [0.15, 0.2) is 54.6 Å². The number of aromatic hydroxyl groups is 1. The molecule has 2 aromatic carbocycles. The molecule has 0 bridgehead atoms. The first kappa shape index (κ1) is 22.6. The Balaban J connectivity index is 2.35. The largest absolute Gasteiger partial charge is 0.508 e. The molecule has 9 heteroatoms. The van der Waals surface area contributed by atoms with Crippen molar-refractivity contribution >= 4 is 23.6 Å². The molecule has 0 radical (unpaired) electrons. The molecule has 0 unspecified atom stereocenters. The lowest BCUT2D eigenvalue weighted by atomic mass is 9.83. The van der Waals surface area contributed by atoms with Crippen molar-refractivity contribution in [1.29, 1.82) is 0 Å². The molecule has 0 saturated heterocycles. The minimum atomic E-state index is -2.39. The van der Waals surface area contributed by atoms with E-state index in [0.29, 0.717) is 11.1 Å². The van der Waals surface area contributed by atoms with E-state index < -0.39 is 41.6 Å². The zero-order valence-electron chi connectivity index (χ0n) is 15.9. The quantitative estimate of drug-likeness (QED) is 0.350. The van der Waals surface area contributed by atoms with Crippen molar-refractivity contribution in [3.8, 4) is 5.75 Å². The van der Waals surface area contributed by atoms with Crippen LogP contribution >= 0.6 is 0 Å². The molecule has 30 heavy (non-hydrogen) atoms. The van der Waals surface area contributed by atoms with Crippen molar-refractivity contribution in [2.75, 3.05) is 0 Å². The molecule has 6 N–H and O–H groups in total. The number of hydrogen-bond donors (Lipinski definition) is 5. The highest BCUT2D eigenvalue weighted by molar-refractivity contribution is 6.11. The fourth-order valence-electron chi connectivity index (χ4n) is 2.91. The molecule has 0 spiro atoms. The van der Waals surface area contributed by atoms with Crippen molar-refractivity contribution in [2.24, 2.45) is 5.73 Å². The Kier molecular flexibility index (Phi) is 7.27. The molecule has 1 amide bonds. The van der Waals surface area contributed by atoms with Gasteiger partial charge in [0.25, 0.3) is 0 Å². The molecule has 0 aliphatic rings. The maximum atomic E-state index is 12.9. The highest BCUT2D eigenvalue weighted by atomic mass is 16.4. The van der Waals surface area contributed by atoms with Gasteiger partial charge < -0.3 is 26.4 Å². The molecule has 0 saturated carbocycles. The summed E-state index contributed by atoms with van der Waals surface area (Å²) in [5.41, 5.74) is 3.99. The fraction of sp³-hybridized carbons (Fsp3) is 0.238. The highest BCUT2D eigenvalue weighted by Crippen LogP contribution is 2.20. The summed E-state index contributed by atoms with van der Waals surface area (Å²) >= 11 is 0. The number of carboxylic acids is 2. The van der Waals surface area contributed by atoms with Crippen LogP contribution in [0, 0.1) is 0 Å². The van der Waals surface area contributed by atoms with Crippen LogP contribution in [0.5, 0.6) is 5.75 Å². The number of nitrogens with two attached hydrogens (primary N) is 1. The number of rotatable bonds is 10.